The number of aryl methyl sites for hydroxylation is 1. The maximum absolute atomic E-state index is 12.5. The smallest absolute Gasteiger partial charge is 0.251 e. The van der Waals surface area contributed by atoms with Gasteiger partial charge in [0.2, 0.25) is 0 Å². The van der Waals surface area contributed by atoms with Gasteiger partial charge in [-0.25, -0.2) is 0 Å². The minimum absolute atomic E-state index is 0.224. The summed E-state index contributed by atoms with van der Waals surface area (Å²) in [6.07, 6.45) is 3.79. The third kappa shape index (κ3) is 4.62. The molecule has 0 bridgehead atoms. The molecular weight excluding hydrogens is 348 g/mol. The molecule has 0 aliphatic heterocycles. The first-order valence-electron chi connectivity index (χ1n) is 9.34. The molecule has 0 atom stereocenters. The number of nitrogens with zero attached hydrogens (tertiary/aromatic N) is 1. The molecule has 4 N–H and O–H groups in total. The van der Waals surface area contributed by atoms with Crippen molar-refractivity contribution in [1.82, 2.24) is 10.3 Å². The van der Waals surface area contributed by atoms with Gasteiger partial charge in [0, 0.05) is 28.6 Å². The van der Waals surface area contributed by atoms with Crippen molar-refractivity contribution in [1.29, 1.82) is 5.41 Å². The van der Waals surface area contributed by atoms with Gasteiger partial charge in [-0.1, -0.05) is 43.7 Å². The van der Waals surface area contributed by atoms with Gasteiger partial charge in [0.15, 0.2) is 0 Å². The highest BCUT2D eigenvalue weighted by atomic mass is 16.1. The lowest BCUT2D eigenvalue weighted by molar-refractivity contribution is 0.0950. The summed E-state index contributed by atoms with van der Waals surface area (Å²) < 4.78 is 0. The summed E-state index contributed by atoms with van der Waals surface area (Å²) in [5.74, 6) is -0.224. The maximum atomic E-state index is 12.5. The molecular formula is C23H24N4O. The van der Waals surface area contributed by atoms with Gasteiger partial charge in [-0.15, -0.1) is 0 Å². The Balaban J connectivity index is 1.76. The molecule has 28 heavy (non-hydrogen) atoms. The normalized spacial score (nSPS) is 10.5. The Morgan fingerprint density at radius 3 is 2.50 bits per heavy atom. The van der Waals surface area contributed by atoms with E-state index in [4.69, 9.17) is 11.1 Å². The van der Waals surface area contributed by atoms with Crippen LogP contribution in [0.5, 0.6) is 0 Å². The molecule has 3 rings (SSSR count). The van der Waals surface area contributed by atoms with Gasteiger partial charge in [0.25, 0.3) is 5.91 Å². The van der Waals surface area contributed by atoms with Crippen LogP contribution in [0.15, 0.2) is 66.9 Å². The van der Waals surface area contributed by atoms with Gasteiger partial charge in [-0.3, -0.25) is 15.2 Å². The van der Waals surface area contributed by atoms with E-state index in [1.165, 1.54) is 5.56 Å². The number of carbonyl (C=O) groups excluding carboxylic acids is 1. The zero-order valence-electron chi connectivity index (χ0n) is 15.9. The molecule has 0 fully saturated rings. The number of hydrogen-bond donors (Lipinski definition) is 3. The highest BCUT2D eigenvalue weighted by Gasteiger charge is 2.13. The second kappa shape index (κ2) is 8.95. The molecule has 0 aliphatic rings. The van der Waals surface area contributed by atoms with Crippen LogP contribution in [0.2, 0.25) is 0 Å². The first-order chi connectivity index (χ1) is 13.6. The standard InChI is InChI=1S/C23H24N4O/c1-2-5-16-7-9-17(10-8-16)22(25)20-14-18(11-12-21(20)24)23(28)27-15-19-6-3-4-13-26-19/h3-4,6-14,25H,2,5,15,24H2,1H3,(H,27,28). The van der Waals surface area contributed by atoms with Gasteiger partial charge in [-0.2, -0.15) is 0 Å². The summed E-state index contributed by atoms with van der Waals surface area (Å²) in [7, 11) is 0. The number of pyridine rings is 1. The van der Waals surface area contributed by atoms with Crippen LogP contribution >= 0.6 is 0 Å². The van der Waals surface area contributed by atoms with Gasteiger partial charge >= 0.3 is 0 Å². The lowest BCUT2D eigenvalue weighted by atomic mass is 9.97. The molecule has 0 aliphatic carbocycles. The van der Waals surface area contributed by atoms with Crippen molar-refractivity contribution < 1.29 is 4.79 Å². The Hall–Kier alpha value is -3.47. The Kier molecular flexibility index (Phi) is 6.17. The van der Waals surface area contributed by atoms with Crippen LogP contribution in [0.4, 0.5) is 5.69 Å². The fourth-order valence-corrected chi connectivity index (χ4v) is 2.97. The van der Waals surface area contributed by atoms with Crippen molar-refractivity contribution in [2.75, 3.05) is 5.73 Å². The van der Waals surface area contributed by atoms with Crippen molar-refractivity contribution in [2.24, 2.45) is 0 Å². The second-order valence-corrected chi connectivity index (χ2v) is 6.63. The van der Waals surface area contributed by atoms with Crippen LogP contribution in [0.3, 0.4) is 0 Å². The van der Waals surface area contributed by atoms with Crippen LogP contribution in [-0.4, -0.2) is 16.6 Å². The summed E-state index contributed by atoms with van der Waals surface area (Å²) in [6.45, 7) is 2.48. The van der Waals surface area contributed by atoms with E-state index < -0.39 is 0 Å². The largest absolute Gasteiger partial charge is 0.398 e. The predicted octanol–water partition coefficient (Wildman–Crippen LogP) is 3.96. The molecule has 142 valence electrons. The molecule has 1 heterocycles. The van der Waals surface area contributed by atoms with Crippen LogP contribution < -0.4 is 11.1 Å². The Labute approximate surface area is 165 Å². The summed E-state index contributed by atoms with van der Waals surface area (Å²) in [4.78, 5) is 16.7. The van der Waals surface area contributed by atoms with E-state index in [1.807, 2.05) is 42.5 Å². The third-order valence-corrected chi connectivity index (χ3v) is 4.52. The molecule has 0 saturated heterocycles. The molecule has 0 radical (unpaired) electrons. The molecule has 5 heteroatoms. The van der Waals surface area contributed by atoms with Crippen molar-refractivity contribution in [3.8, 4) is 0 Å². The number of carbonyl (C=O) groups is 1. The summed E-state index contributed by atoms with van der Waals surface area (Å²) in [6, 6.07) is 18.5. The number of rotatable bonds is 7. The third-order valence-electron chi connectivity index (χ3n) is 4.52. The summed E-state index contributed by atoms with van der Waals surface area (Å²) >= 11 is 0. The summed E-state index contributed by atoms with van der Waals surface area (Å²) in [5.41, 5.74) is 10.7. The van der Waals surface area contributed by atoms with Crippen LogP contribution in [0, 0.1) is 5.41 Å². The number of nitrogens with one attached hydrogen (secondary N) is 2. The predicted molar refractivity (Wildman–Crippen MR) is 113 cm³/mol. The lowest BCUT2D eigenvalue weighted by Crippen LogP contribution is -2.23. The van der Waals surface area contributed by atoms with Gasteiger partial charge in [0.05, 0.1) is 18.0 Å². The topological polar surface area (TPSA) is 91.9 Å². The van der Waals surface area contributed by atoms with E-state index in [0.29, 0.717) is 29.1 Å². The molecule has 2 aromatic carbocycles. The Morgan fingerprint density at radius 1 is 1.07 bits per heavy atom. The molecule has 1 amide bonds. The molecule has 5 nitrogen and oxygen atoms in total. The number of aromatic nitrogens is 1. The highest BCUT2D eigenvalue weighted by molar-refractivity contribution is 6.14. The van der Waals surface area contributed by atoms with Gasteiger partial charge in [0.1, 0.15) is 0 Å². The van der Waals surface area contributed by atoms with Crippen LogP contribution in [0.25, 0.3) is 0 Å². The van der Waals surface area contributed by atoms with Crippen molar-refractivity contribution in [3.05, 3.63) is 94.8 Å². The SMILES string of the molecule is CCCc1ccc(C(=N)c2cc(C(=O)NCc3ccccn3)ccc2N)cc1. The number of benzene rings is 2. The molecule has 0 saturated carbocycles. The quantitative estimate of drug-likeness (QED) is 0.433. The minimum atomic E-state index is -0.224. The highest BCUT2D eigenvalue weighted by Crippen LogP contribution is 2.19. The van der Waals surface area contributed by atoms with E-state index in [9.17, 15) is 4.79 Å². The zero-order valence-corrected chi connectivity index (χ0v) is 15.9. The Morgan fingerprint density at radius 2 is 1.82 bits per heavy atom. The second-order valence-electron chi connectivity index (χ2n) is 6.63. The zero-order chi connectivity index (χ0) is 19.9. The monoisotopic (exact) mass is 372 g/mol. The fraction of sp³-hybridized carbons (Fsp3) is 0.174. The Bertz CT molecular complexity index is 966. The number of amides is 1. The van der Waals surface area contributed by atoms with Crippen molar-refractivity contribution in [3.63, 3.8) is 0 Å². The number of hydrogen-bond acceptors (Lipinski definition) is 4. The van der Waals surface area contributed by atoms with E-state index in [2.05, 4.69) is 17.2 Å². The number of anilines is 1. The molecule has 0 unspecified atom stereocenters. The lowest BCUT2D eigenvalue weighted by Gasteiger charge is -2.11. The van der Waals surface area contributed by atoms with Crippen molar-refractivity contribution >= 4 is 17.3 Å². The minimum Gasteiger partial charge on any atom is -0.398 e. The average Bonchev–Trinajstić information content (AvgIpc) is 2.73. The van der Waals surface area contributed by atoms with E-state index in [1.54, 1.807) is 24.4 Å². The molecule has 3 aromatic rings. The van der Waals surface area contributed by atoms with Crippen molar-refractivity contribution in [2.45, 2.75) is 26.3 Å². The molecule has 1 aromatic heterocycles. The summed E-state index contributed by atoms with van der Waals surface area (Å²) in [5, 5.41) is 11.4. The fourth-order valence-electron chi connectivity index (χ4n) is 2.97. The van der Waals surface area contributed by atoms with E-state index in [0.717, 1.165) is 24.1 Å². The first kappa shape index (κ1) is 19.3. The first-order valence-corrected chi connectivity index (χ1v) is 9.34. The maximum Gasteiger partial charge on any atom is 0.251 e. The van der Waals surface area contributed by atoms with E-state index in [-0.39, 0.29) is 5.91 Å². The van der Waals surface area contributed by atoms with E-state index >= 15 is 0 Å². The average molecular weight is 372 g/mol. The van der Waals surface area contributed by atoms with Gasteiger partial charge in [-0.05, 0) is 42.3 Å². The van der Waals surface area contributed by atoms with Crippen LogP contribution in [-0.2, 0) is 13.0 Å². The molecule has 0 spiro atoms. The number of nitrogens with two attached hydrogens (primary N) is 1. The van der Waals surface area contributed by atoms with Gasteiger partial charge < -0.3 is 11.1 Å². The van der Waals surface area contributed by atoms with Crippen LogP contribution in [0.1, 0.15) is 46.1 Å². The number of nitrogen functional groups attached to an aromatic ring is 1.